The Morgan fingerprint density at radius 1 is 0.129 bits per heavy atom. The van der Waals surface area contributed by atoms with Gasteiger partial charge in [0.1, 0.15) is 0 Å². The monoisotopic (exact) mass is 1580 g/mol. The lowest BCUT2D eigenvalue weighted by Gasteiger charge is -2.26. The van der Waals surface area contributed by atoms with E-state index in [0.29, 0.717) is 0 Å². The molecule has 0 fully saturated rings. The number of para-hydroxylation sites is 3. The molecule has 0 atom stereocenters. The molecule has 582 valence electrons. The molecule has 4 heteroatoms. The van der Waals surface area contributed by atoms with Crippen LogP contribution in [0.3, 0.4) is 0 Å². The first kappa shape index (κ1) is 73.9. The molecule has 0 unspecified atom stereocenters. The van der Waals surface area contributed by atoms with Crippen molar-refractivity contribution in [1.29, 1.82) is 0 Å². The first-order valence-corrected chi connectivity index (χ1v) is 42.6. The summed E-state index contributed by atoms with van der Waals surface area (Å²) >= 11 is 0. The van der Waals surface area contributed by atoms with Gasteiger partial charge in [0.25, 0.3) is 0 Å². The lowest BCUT2D eigenvalue weighted by Crippen LogP contribution is -2.09. The second-order valence-corrected chi connectivity index (χ2v) is 31.9. The third kappa shape index (κ3) is 14.2. The van der Waals surface area contributed by atoms with Gasteiger partial charge < -0.3 is 18.9 Å². The van der Waals surface area contributed by atoms with Crippen LogP contribution in [0.2, 0.25) is 0 Å². The quantitative estimate of drug-likeness (QED) is 0.0959. The fourth-order valence-corrected chi connectivity index (χ4v) is 18.4. The van der Waals surface area contributed by atoms with Crippen LogP contribution in [-0.4, -0.2) is 9.13 Å². The van der Waals surface area contributed by atoms with E-state index in [1.807, 2.05) is 0 Å². The van der Waals surface area contributed by atoms with Gasteiger partial charge in [-0.1, -0.05) is 358 Å². The summed E-state index contributed by atoms with van der Waals surface area (Å²) in [5, 5.41) is 12.5. The molecule has 0 saturated heterocycles. The van der Waals surface area contributed by atoms with Crippen LogP contribution < -0.4 is 9.80 Å². The molecule has 0 saturated carbocycles. The predicted octanol–water partition coefficient (Wildman–Crippen LogP) is 33.3. The maximum atomic E-state index is 2.39. The van der Waals surface area contributed by atoms with Gasteiger partial charge in [0.2, 0.25) is 0 Å². The second kappa shape index (κ2) is 32.4. The van der Waals surface area contributed by atoms with Crippen LogP contribution in [0.1, 0.15) is 0 Å². The van der Waals surface area contributed by atoms with E-state index in [0.717, 1.165) is 45.5 Å². The zero-order valence-electron chi connectivity index (χ0n) is 68.1. The summed E-state index contributed by atoms with van der Waals surface area (Å²) in [6, 6.07) is 180. The van der Waals surface area contributed by atoms with Crippen LogP contribution in [0.4, 0.5) is 34.1 Å². The van der Waals surface area contributed by atoms with Gasteiger partial charge in [-0.25, -0.2) is 0 Å². The van der Waals surface area contributed by atoms with Crippen molar-refractivity contribution in [2.45, 2.75) is 0 Å². The Kier molecular flexibility index (Phi) is 19.3. The zero-order chi connectivity index (χ0) is 82.2. The molecule has 0 spiro atoms. The number of nitrogens with zero attached hydrogens (tertiary/aromatic N) is 4. The van der Waals surface area contributed by atoms with Crippen LogP contribution >= 0.6 is 0 Å². The highest BCUT2D eigenvalue weighted by atomic mass is 15.1. The first-order valence-electron chi connectivity index (χ1n) is 42.6. The Bertz CT molecular complexity index is 7800. The van der Waals surface area contributed by atoms with Gasteiger partial charge in [0.15, 0.2) is 0 Å². The average Bonchev–Trinajstić information content (AvgIpc) is 1.59. The average molecular weight is 1580 g/mol. The third-order valence-electron chi connectivity index (χ3n) is 24.6. The molecule has 0 bridgehead atoms. The molecule has 0 radical (unpaired) electrons. The molecule has 0 aliphatic carbocycles. The SMILES string of the molecule is c1ccc(-c2ccc(-n3c4ccccc4c4cc(-c5ccc(N(c6ccc(-c7ccc8ccccc8c7)cc6)c6ccc(-c7cccc8ccccc78)cc6)cc5)ccc43)cc2)cc1.c1ccc(-c2ccc(-n3c4ccccc4c4cc(-c5ccc(N(c6ccccc6)c6ccc(-c7ccc(-c8cccc9ccccc89)cc7)cc6)cc5)ccc43)cc2)cc1. The van der Waals surface area contributed by atoms with Crippen molar-refractivity contribution in [2.75, 3.05) is 9.80 Å². The first-order chi connectivity index (χ1) is 61.5. The van der Waals surface area contributed by atoms with Gasteiger partial charge >= 0.3 is 0 Å². The Morgan fingerprint density at radius 2 is 0.379 bits per heavy atom. The minimum Gasteiger partial charge on any atom is -0.311 e. The van der Waals surface area contributed by atoms with E-state index < -0.39 is 0 Å². The molecule has 2 aromatic heterocycles. The van der Waals surface area contributed by atoms with Crippen LogP contribution in [0.15, 0.2) is 497 Å². The smallest absolute Gasteiger partial charge is 0.0541 e. The Morgan fingerprint density at radius 3 is 0.782 bits per heavy atom. The topological polar surface area (TPSA) is 16.3 Å². The zero-order valence-corrected chi connectivity index (χ0v) is 68.1. The number of aromatic nitrogens is 2. The van der Waals surface area contributed by atoms with E-state index >= 15 is 0 Å². The largest absolute Gasteiger partial charge is 0.311 e. The van der Waals surface area contributed by atoms with E-state index in [-0.39, 0.29) is 0 Å². The van der Waals surface area contributed by atoms with Gasteiger partial charge in [-0.15, -0.1) is 0 Å². The van der Waals surface area contributed by atoms with E-state index in [2.05, 4.69) is 516 Å². The molecule has 23 rings (SSSR count). The number of hydrogen-bond donors (Lipinski definition) is 0. The highest BCUT2D eigenvalue weighted by Crippen LogP contribution is 2.45. The Labute approximate surface area is 721 Å². The van der Waals surface area contributed by atoms with E-state index in [9.17, 15) is 0 Å². The van der Waals surface area contributed by atoms with Crippen LogP contribution in [-0.2, 0) is 0 Å². The molecule has 2 heterocycles. The van der Waals surface area contributed by atoms with E-state index in [4.69, 9.17) is 0 Å². The van der Waals surface area contributed by atoms with Crippen LogP contribution in [0.25, 0.3) is 176 Å². The molecular formula is C120H82N4. The minimum absolute atomic E-state index is 1.09. The molecular weight excluding hydrogens is 1500 g/mol. The molecule has 0 amide bonds. The summed E-state index contributed by atoms with van der Waals surface area (Å²) in [6.07, 6.45) is 0. The Balaban J connectivity index is 0.000000148. The fourth-order valence-electron chi connectivity index (χ4n) is 18.4. The summed E-state index contributed by atoms with van der Waals surface area (Å²) in [7, 11) is 0. The molecule has 4 nitrogen and oxygen atoms in total. The number of benzene rings is 21. The van der Waals surface area contributed by atoms with Crippen molar-refractivity contribution in [3.8, 4) is 100 Å². The fraction of sp³-hybridized carbons (Fsp3) is 0. The molecule has 0 N–H and O–H groups in total. The van der Waals surface area contributed by atoms with Crippen molar-refractivity contribution in [3.05, 3.63) is 497 Å². The van der Waals surface area contributed by atoms with Gasteiger partial charge in [-0.2, -0.15) is 0 Å². The standard InChI is InChI=1S/C62H42N2.C58H40N2/c1-2-11-43(12-3-1)45-23-36-56(37-24-45)64-61-20-9-8-18-59(61)60-42-52(31-40-62(60)64)47-27-34-54(35-28-47)63(53-32-25-46(26-33-53)51-22-21-44-13-4-5-15-50(44)41-51)55-38-29-49(30-39-55)58-19-10-16-48-14-6-7-17-57(48)58;1-3-12-41(13-4-1)43-28-37-52(38-29-43)60-57-21-10-9-19-55(57)56-40-48(32-39-58(56)60)45-30-35-51(36-31-45)59(49-16-5-2-6-17-49)50-33-26-44(27-34-50)42-22-24-47(25-23-42)54-20-11-15-46-14-7-8-18-53(46)54/h1-42H;1-40H. The summed E-state index contributed by atoms with van der Waals surface area (Å²) in [5.74, 6) is 0. The van der Waals surface area contributed by atoms with Gasteiger partial charge in [0, 0.05) is 67.0 Å². The van der Waals surface area contributed by atoms with Gasteiger partial charge in [-0.05, 0) is 261 Å². The summed E-state index contributed by atoms with van der Waals surface area (Å²) < 4.78 is 4.78. The predicted molar refractivity (Wildman–Crippen MR) is 527 cm³/mol. The lowest BCUT2D eigenvalue weighted by molar-refractivity contribution is 1.18. The minimum atomic E-state index is 1.09. The molecule has 0 aliphatic rings. The molecule has 124 heavy (non-hydrogen) atoms. The number of rotatable bonds is 16. The molecule has 23 aromatic rings. The van der Waals surface area contributed by atoms with Crippen LogP contribution in [0.5, 0.6) is 0 Å². The van der Waals surface area contributed by atoms with Crippen molar-refractivity contribution in [2.24, 2.45) is 0 Å². The highest BCUT2D eigenvalue weighted by Gasteiger charge is 2.21. The maximum absolute atomic E-state index is 2.39. The van der Waals surface area contributed by atoms with E-state index in [1.165, 1.54) is 165 Å². The normalized spacial score (nSPS) is 11.4. The van der Waals surface area contributed by atoms with Gasteiger partial charge in [-0.3, -0.25) is 0 Å². The number of anilines is 6. The Hall–Kier alpha value is -16.4. The molecule has 0 aliphatic heterocycles. The van der Waals surface area contributed by atoms with Crippen LogP contribution in [0, 0.1) is 0 Å². The number of hydrogen-bond acceptors (Lipinski definition) is 2. The van der Waals surface area contributed by atoms with E-state index in [1.54, 1.807) is 0 Å². The van der Waals surface area contributed by atoms with Crippen molar-refractivity contribution in [1.82, 2.24) is 9.13 Å². The highest BCUT2D eigenvalue weighted by molar-refractivity contribution is 6.12. The third-order valence-corrected chi connectivity index (χ3v) is 24.6. The summed E-state index contributed by atoms with van der Waals surface area (Å²) in [5.41, 5.74) is 33.0. The van der Waals surface area contributed by atoms with Crippen molar-refractivity contribution < 1.29 is 0 Å². The van der Waals surface area contributed by atoms with Crippen molar-refractivity contribution >= 4 is 110 Å². The maximum Gasteiger partial charge on any atom is 0.0541 e. The second-order valence-electron chi connectivity index (χ2n) is 31.9. The lowest BCUT2D eigenvalue weighted by atomic mass is 9.96. The molecule has 21 aromatic carbocycles. The van der Waals surface area contributed by atoms with Gasteiger partial charge in [0.05, 0.1) is 22.1 Å². The van der Waals surface area contributed by atoms with Crippen molar-refractivity contribution in [3.63, 3.8) is 0 Å². The number of fused-ring (bicyclic) bond motifs is 9. The summed E-state index contributed by atoms with van der Waals surface area (Å²) in [6.45, 7) is 0. The summed E-state index contributed by atoms with van der Waals surface area (Å²) in [4.78, 5) is 4.69.